The number of benzene rings is 3. The quantitative estimate of drug-likeness (QED) is 0.418. The normalized spacial score (nSPS) is 14.7. The summed E-state index contributed by atoms with van der Waals surface area (Å²) in [5.41, 5.74) is 4.89. The molecule has 3 nitrogen and oxygen atoms in total. The molecule has 1 aliphatic rings. The second kappa shape index (κ2) is 8.54. The zero-order valence-electron chi connectivity index (χ0n) is 16.0. The molecule has 0 saturated heterocycles. The maximum atomic E-state index is 6.02. The Labute approximate surface area is 177 Å². The van der Waals surface area contributed by atoms with Crippen molar-refractivity contribution in [2.24, 2.45) is 0 Å². The van der Waals surface area contributed by atoms with E-state index in [-0.39, 0.29) is 12.4 Å². The third-order valence-corrected chi connectivity index (χ3v) is 5.34. The number of aryl methyl sites for hydroxylation is 1. The molecule has 0 fully saturated rings. The van der Waals surface area contributed by atoms with E-state index in [2.05, 4.69) is 46.7 Å². The summed E-state index contributed by atoms with van der Waals surface area (Å²) in [5, 5.41) is 4.88. The molecule has 146 valence electrons. The van der Waals surface area contributed by atoms with Gasteiger partial charge in [0.2, 0.25) is 0 Å². The number of anilines is 1. The van der Waals surface area contributed by atoms with Gasteiger partial charge in [-0.25, -0.2) is 0 Å². The maximum Gasteiger partial charge on any atom is 0.128 e. The summed E-state index contributed by atoms with van der Waals surface area (Å²) in [4.78, 5) is 4.66. The number of aromatic nitrogens is 1. The van der Waals surface area contributed by atoms with Gasteiger partial charge in [-0.3, -0.25) is 4.98 Å². The van der Waals surface area contributed by atoms with Gasteiger partial charge in [-0.1, -0.05) is 48.5 Å². The van der Waals surface area contributed by atoms with E-state index in [4.69, 9.17) is 4.74 Å². The minimum Gasteiger partial charge on any atom is -0.457 e. The molecular formula is C25H23ClN2O. The summed E-state index contributed by atoms with van der Waals surface area (Å²) in [5.74, 6) is 1.68. The van der Waals surface area contributed by atoms with Gasteiger partial charge in [0.05, 0.1) is 5.52 Å². The zero-order valence-corrected chi connectivity index (χ0v) is 16.9. The van der Waals surface area contributed by atoms with Crippen molar-refractivity contribution in [1.29, 1.82) is 0 Å². The van der Waals surface area contributed by atoms with E-state index >= 15 is 0 Å². The molecule has 1 N–H and O–H groups in total. The average Bonchev–Trinajstić information content (AvgIpc) is 3.17. The average molecular weight is 403 g/mol. The Bertz CT molecular complexity index is 1100. The van der Waals surface area contributed by atoms with Crippen LogP contribution in [0.2, 0.25) is 0 Å². The Morgan fingerprint density at radius 3 is 2.45 bits per heavy atom. The first-order chi connectivity index (χ1) is 13.8. The minimum atomic E-state index is 0. The molecule has 0 bridgehead atoms. The van der Waals surface area contributed by atoms with Crippen LogP contribution in [0.15, 0.2) is 85.1 Å². The Balaban J connectivity index is 0.00000205. The van der Waals surface area contributed by atoms with Gasteiger partial charge in [0.1, 0.15) is 11.5 Å². The van der Waals surface area contributed by atoms with Gasteiger partial charge >= 0.3 is 0 Å². The monoisotopic (exact) mass is 402 g/mol. The van der Waals surface area contributed by atoms with E-state index in [1.165, 1.54) is 16.8 Å². The van der Waals surface area contributed by atoms with Crippen molar-refractivity contribution in [3.05, 3.63) is 96.2 Å². The van der Waals surface area contributed by atoms with Gasteiger partial charge in [0, 0.05) is 23.3 Å². The molecule has 29 heavy (non-hydrogen) atoms. The summed E-state index contributed by atoms with van der Waals surface area (Å²) >= 11 is 0. The molecule has 1 aromatic heterocycles. The fraction of sp³-hybridized carbons (Fsp3) is 0.160. The highest BCUT2D eigenvalue weighted by molar-refractivity contribution is 5.95. The van der Waals surface area contributed by atoms with Crippen LogP contribution in [0, 0.1) is 0 Å². The minimum absolute atomic E-state index is 0. The van der Waals surface area contributed by atoms with E-state index in [0.717, 1.165) is 41.7 Å². The molecule has 0 saturated carbocycles. The molecule has 0 spiro atoms. The summed E-state index contributed by atoms with van der Waals surface area (Å²) in [6.45, 7) is 0. The molecule has 4 heteroatoms. The van der Waals surface area contributed by atoms with Crippen LogP contribution < -0.4 is 10.1 Å². The molecule has 1 unspecified atom stereocenters. The SMILES string of the molecule is Cl.c1ccc(CCC2Cc3cnc4ccc(Oc5ccccc5)cc4c3N2)cc1. The highest BCUT2D eigenvalue weighted by atomic mass is 35.5. The smallest absolute Gasteiger partial charge is 0.128 e. The second-order valence-corrected chi connectivity index (χ2v) is 7.32. The van der Waals surface area contributed by atoms with Crippen molar-refractivity contribution in [2.45, 2.75) is 25.3 Å². The Hall–Kier alpha value is -3.04. The largest absolute Gasteiger partial charge is 0.457 e. The molecule has 2 heterocycles. The van der Waals surface area contributed by atoms with E-state index in [1.807, 2.05) is 48.7 Å². The fourth-order valence-corrected chi connectivity index (χ4v) is 3.91. The van der Waals surface area contributed by atoms with E-state index < -0.39 is 0 Å². The first-order valence-corrected chi connectivity index (χ1v) is 9.80. The van der Waals surface area contributed by atoms with Crippen LogP contribution in [-0.4, -0.2) is 11.0 Å². The predicted molar refractivity (Wildman–Crippen MR) is 121 cm³/mol. The van der Waals surface area contributed by atoms with Gasteiger partial charge in [-0.2, -0.15) is 0 Å². The van der Waals surface area contributed by atoms with Gasteiger partial charge in [-0.05, 0) is 60.7 Å². The predicted octanol–water partition coefficient (Wildman–Crippen LogP) is 6.42. The lowest BCUT2D eigenvalue weighted by Crippen LogP contribution is -2.16. The molecule has 5 rings (SSSR count). The van der Waals surface area contributed by atoms with Gasteiger partial charge in [-0.15, -0.1) is 12.4 Å². The summed E-state index contributed by atoms with van der Waals surface area (Å²) < 4.78 is 6.02. The molecule has 4 aromatic rings. The van der Waals surface area contributed by atoms with Crippen molar-refractivity contribution in [1.82, 2.24) is 4.98 Å². The van der Waals surface area contributed by atoms with Gasteiger partial charge < -0.3 is 10.1 Å². The van der Waals surface area contributed by atoms with Crippen LogP contribution in [0.25, 0.3) is 10.9 Å². The van der Waals surface area contributed by atoms with E-state index in [9.17, 15) is 0 Å². The Morgan fingerprint density at radius 1 is 0.897 bits per heavy atom. The first-order valence-electron chi connectivity index (χ1n) is 9.80. The zero-order chi connectivity index (χ0) is 18.8. The lowest BCUT2D eigenvalue weighted by molar-refractivity contribution is 0.483. The number of hydrogen-bond donors (Lipinski definition) is 1. The number of para-hydroxylation sites is 1. The summed E-state index contributed by atoms with van der Waals surface area (Å²) in [6.07, 6.45) is 5.24. The third kappa shape index (κ3) is 4.20. The summed E-state index contributed by atoms with van der Waals surface area (Å²) in [7, 11) is 0. The highest BCUT2D eigenvalue weighted by Gasteiger charge is 2.23. The Kier molecular flexibility index (Phi) is 5.68. The number of ether oxygens (including phenoxy) is 1. The molecule has 0 amide bonds. The van der Waals surface area contributed by atoms with Crippen molar-refractivity contribution in [2.75, 3.05) is 5.32 Å². The van der Waals surface area contributed by atoms with Gasteiger partial charge in [0.25, 0.3) is 0 Å². The topological polar surface area (TPSA) is 34.1 Å². The first kappa shape index (κ1) is 19.3. The van der Waals surface area contributed by atoms with Crippen LogP contribution in [0.1, 0.15) is 17.5 Å². The standard InChI is InChI=1S/C25H22N2O.ClH/c1-3-7-18(8-4-1)11-12-20-15-19-17-26-24-14-13-22(16-23(24)25(19)27-20)28-21-9-5-2-6-10-21;/h1-10,13-14,16-17,20,27H,11-12,15H2;1H. The van der Waals surface area contributed by atoms with Gasteiger partial charge in [0.15, 0.2) is 0 Å². The number of nitrogens with one attached hydrogen (secondary N) is 1. The highest BCUT2D eigenvalue weighted by Crippen LogP contribution is 2.36. The molecule has 1 atom stereocenters. The number of pyridine rings is 1. The Morgan fingerprint density at radius 2 is 1.66 bits per heavy atom. The van der Waals surface area contributed by atoms with Crippen LogP contribution in [0.5, 0.6) is 11.5 Å². The second-order valence-electron chi connectivity index (χ2n) is 7.32. The maximum absolute atomic E-state index is 6.02. The van der Waals surface area contributed by atoms with Crippen molar-refractivity contribution in [3.8, 4) is 11.5 Å². The molecular weight excluding hydrogens is 380 g/mol. The molecule has 0 aliphatic carbocycles. The van der Waals surface area contributed by atoms with Crippen LogP contribution in [-0.2, 0) is 12.8 Å². The van der Waals surface area contributed by atoms with Crippen LogP contribution in [0.4, 0.5) is 5.69 Å². The molecule has 1 aliphatic heterocycles. The fourth-order valence-electron chi connectivity index (χ4n) is 3.91. The number of rotatable bonds is 5. The number of hydrogen-bond acceptors (Lipinski definition) is 3. The van der Waals surface area contributed by atoms with Crippen LogP contribution in [0.3, 0.4) is 0 Å². The number of fused-ring (bicyclic) bond motifs is 3. The van der Waals surface area contributed by atoms with Crippen molar-refractivity contribution < 1.29 is 4.74 Å². The van der Waals surface area contributed by atoms with Crippen molar-refractivity contribution >= 4 is 29.0 Å². The van der Waals surface area contributed by atoms with Crippen molar-refractivity contribution in [3.63, 3.8) is 0 Å². The number of halogens is 1. The number of nitrogens with zero attached hydrogens (tertiary/aromatic N) is 1. The summed E-state index contributed by atoms with van der Waals surface area (Å²) in [6, 6.07) is 27.1. The molecule has 3 aromatic carbocycles. The lowest BCUT2D eigenvalue weighted by Gasteiger charge is -2.12. The lowest BCUT2D eigenvalue weighted by atomic mass is 10.0. The van der Waals surface area contributed by atoms with E-state index in [1.54, 1.807) is 0 Å². The third-order valence-electron chi connectivity index (χ3n) is 5.34. The van der Waals surface area contributed by atoms with Crippen LogP contribution >= 0.6 is 12.4 Å². The van der Waals surface area contributed by atoms with E-state index in [0.29, 0.717) is 6.04 Å². The molecule has 0 radical (unpaired) electrons.